The normalized spacial score (nSPS) is 10.5. The van der Waals surface area contributed by atoms with Crippen molar-refractivity contribution in [2.75, 3.05) is 7.11 Å². The number of hydrogen-bond donors (Lipinski definition) is 1. The fourth-order valence-electron chi connectivity index (χ4n) is 1.54. The molecule has 1 N–H and O–H groups in total. The van der Waals surface area contributed by atoms with E-state index < -0.39 is 17.1 Å². The Balaban J connectivity index is 2.78. The molecule has 0 radical (unpaired) electrons. The number of carbonyl (C=O) groups is 1. The van der Waals surface area contributed by atoms with Crippen LogP contribution in [0.5, 0.6) is 5.75 Å². The lowest BCUT2D eigenvalue weighted by molar-refractivity contribution is 0.0601. The summed E-state index contributed by atoms with van der Waals surface area (Å²) in [6, 6.07) is 4.33. The Morgan fingerprint density at radius 3 is 2.76 bits per heavy atom. The van der Waals surface area contributed by atoms with Gasteiger partial charge in [-0.3, -0.25) is 4.79 Å². The molecule has 0 atom stereocenters. The van der Waals surface area contributed by atoms with E-state index in [-0.39, 0.29) is 16.7 Å². The second-order valence-electron chi connectivity index (χ2n) is 3.54. The van der Waals surface area contributed by atoms with Crippen LogP contribution in [0.3, 0.4) is 0 Å². The molecule has 0 saturated heterocycles. The first-order chi connectivity index (χ1) is 8.04. The van der Waals surface area contributed by atoms with Crippen LogP contribution in [-0.2, 0) is 4.74 Å². The molecule has 0 aliphatic heterocycles. The van der Waals surface area contributed by atoms with E-state index >= 15 is 0 Å². The second-order valence-corrected chi connectivity index (χ2v) is 3.54. The lowest BCUT2D eigenvalue weighted by Crippen LogP contribution is -2.06. The third-order valence-corrected chi connectivity index (χ3v) is 2.46. The number of benzene rings is 1. The molecule has 5 nitrogen and oxygen atoms in total. The Kier molecular flexibility index (Phi) is 2.59. The molecule has 1 aromatic carbocycles. The quantitative estimate of drug-likeness (QED) is 0.758. The van der Waals surface area contributed by atoms with Crippen LogP contribution in [0.25, 0.3) is 11.0 Å². The first-order valence-electron chi connectivity index (χ1n) is 4.89. The van der Waals surface area contributed by atoms with E-state index in [4.69, 9.17) is 4.42 Å². The third-order valence-electron chi connectivity index (χ3n) is 2.46. The molecule has 2 rings (SSSR count). The Bertz CT molecular complexity index is 654. The minimum absolute atomic E-state index is 0.147. The minimum Gasteiger partial charge on any atom is -0.502 e. The van der Waals surface area contributed by atoms with Crippen molar-refractivity contribution in [2.45, 2.75) is 6.92 Å². The molecule has 0 aliphatic rings. The molecule has 0 aliphatic carbocycles. The molecule has 1 heterocycles. The van der Waals surface area contributed by atoms with E-state index in [0.29, 0.717) is 5.58 Å². The van der Waals surface area contributed by atoms with Crippen molar-refractivity contribution in [3.63, 3.8) is 0 Å². The predicted molar refractivity (Wildman–Crippen MR) is 60.2 cm³/mol. The number of esters is 1. The van der Waals surface area contributed by atoms with Gasteiger partial charge in [-0.1, -0.05) is 0 Å². The Morgan fingerprint density at radius 2 is 2.12 bits per heavy atom. The predicted octanol–water partition coefficient (Wildman–Crippen LogP) is 1.59. The van der Waals surface area contributed by atoms with Crippen molar-refractivity contribution in [1.29, 1.82) is 0 Å². The number of rotatable bonds is 1. The maximum atomic E-state index is 11.8. The molecule has 0 spiro atoms. The maximum Gasteiger partial charge on any atom is 0.337 e. The lowest BCUT2D eigenvalue weighted by atomic mass is 10.1. The summed E-state index contributed by atoms with van der Waals surface area (Å²) < 4.78 is 9.78. The van der Waals surface area contributed by atoms with E-state index in [0.717, 1.165) is 0 Å². The van der Waals surface area contributed by atoms with Gasteiger partial charge in [0.1, 0.15) is 11.3 Å². The Labute approximate surface area is 96.2 Å². The van der Waals surface area contributed by atoms with Crippen molar-refractivity contribution in [3.8, 4) is 5.75 Å². The van der Waals surface area contributed by atoms with Gasteiger partial charge in [-0.15, -0.1) is 0 Å². The fourth-order valence-corrected chi connectivity index (χ4v) is 1.54. The van der Waals surface area contributed by atoms with Gasteiger partial charge in [0.2, 0.25) is 11.2 Å². The molecule has 0 bridgehead atoms. The average molecular weight is 234 g/mol. The van der Waals surface area contributed by atoms with Crippen LogP contribution in [-0.4, -0.2) is 18.2 Å². The van der Waals surface area contributed by atoms with E-state index in [1.165, 1.54) is 32.2 Å². The first kappa shape index (κ1) is 11.2. The van der Waals surface area contributed by atoms with Crippen molar-refractivity contribution in [2.24, 2.45) is 0 Å². The number of ether oxygens (including phenoxy) is 1. The van der Waals surface area contributed by atoms with E-state index in [1.54, 1.807) is 0 Å². The van der Waals surface area contributed by atoms with Gasteiger partial charge in [-0.05, 0) is 25.1 Å². The monoisotopic (exact) mass is 234 g/mol. The van der Waals surface area contributed by atoms with Gasteiger partial charge < -0.3 is 14.3 Å². The van der Waals surface area contributed by atoms with Crippen LogP contribution in [0.2, 0.25) is 0 Å². The topological polar surface area (TPSA) is 76.7 Å². The molecule has 2 aromatic rings. The molecule has 0 saturated carbocycles. The highest BCUT2D eigenvalue weighted by Crippen LogP contribution is 2.20. The largest absolute Gasteiger partial charge is 0.502 e. The van der Waals surface area contributed by atoms with Crippen molar-refractivity contribution in [3.05, 3.63) is 39.7 Å². The number of hydrogen-bond acceptors (Lipinski definition) is 5. The first-order valence-corrected chi connectivity index (χ1v) is 4.89. The van der Waals surface area contributed by atoms with Crippen molar-refractivity contribution < 1.29 is 19.1 Å². The number of fused-ring (bicyclic) bond motifs is 1. The van der Waals surface area contributed by atoms with E-state index in [9.17, 15) is 14.7 Å². The highest BCUT2D eigenvalue weighted by Gasteiger charge is 2.13. The smallest absolute Gasteiger partial charge is 0.337 e. The van der Waals surface area contributed by atoms with Gasteiger partial charge in [0.05, 0.1) is 18.1 Å². The summed E-state index contributed by atoms with van der Waals surface area (Å²) in [6.07, 6.45) is 0. The summed E-state index contributed by atoms with van der Waals surface area (Å²) >= 11 is 0. The summed E-state index contributed by atoms with van der Waals surface area (Å²) in [4.78, 5) is 23.1. The number of aromatic hydroxyl groups is 1. The zero-order valence-corrected chi connectivity index (χ0v) is 9.31. The summed E-state index contributed by atoms with van der Waals surface area (Å²) in [5.41, 5.74) is -0.0111. The van der Waals surface area contributed by atoms with Gasteiger partial charge in [-0.25, -0.2) is 4.79 Å². The third kappa shape index (κ3) is 1.75. The van der Waals surface area contributed by atoms with Crippen molar-refractivity contribution >= 4 is 16.9 Å². The van der Waals surface area contributed by atoms with Crippen molar-refractivity contribution in [1.82, 2.24) is 0 Å². The SMILES string of the molecule is COC(=O)c1ccc2oc(C)c(O)c(=O)c2c1. The van der Waals surface area contributed by atoms with Crippen LogP contribution in [0.4, 0.5) is 0 Å². The van der Waals surface area contributed by atoms with Crippen LogP contribution >= 0.6 is 0 Å². The molecular weight excluding hydrogens is 224 g/mol. The standard InChI is InChI=1S/C12H10O5/c1-6-10(13)11(14)8-5-7(12(15)16-2)3-4-9(8)17-6/h3-5,13H,1-2H3. The second kappa shape index (κ2) is 3.93. The lowest BCUT2D eigenvalue weighted by Gasteiger charge is -2.03. The van der Waals surface area contributed by atoms with Gasteiger partial charge in [-0.2, -0.15) is 0 Å². The number of carbonyl (C=O) groups excluding carboxylic acids is 1. The molecule has 5 heteroatoms. The highest BCUT2D eigenvalue weighted by atomic mass is 16.5. The summed E-state index contributed by atoms with van der Waals surface area (Å²) in [5, 5.41) is 9.62. The van der Waals surface area contributed by atoms with Crippen LogP contribution in [0.1, 0.15) is 16.1 Å². The summed E-state index contributed by atoms with van der Waals surface area (Å²) in [6.45, 7) is 1.49. The number of aryl methyl sites for hydroxylation is 1. The molecule has 0 amide bonds. The van der Waals surface area contributed by atoms with Gasteiger partial charge in [0.25, 0.3) is 0 Å². The minimum atomic E-state index is -0.561. The maximum absolute atomic E-state index is 11.8. The molecule has 1 aromatic heterocycles. The molecule has 88 valence electrons. The zero-order valence-electron chi connectivity index (χ0n) is 9.31. The average Bonchev–Trinajstić information content (AvgIpc) is 2.35. The van der Waals surface area contributed by atoms with Crippen LogP contribution < -0.4 is 5.43 Å². The van der Waals surface area contributed by atoms with Crippen LogP contribution in [0.15, 0.2) is 27.4 Å². The zero-order chi connectivity index (χ0) is 12.6. The Hall–Kier alpha value is -2.30. The number of methoxy groups -OCH3 is 1. The van der Waals surface area contributed by atoms with E-state index in [2.05, 4.69) is 4.74 Å². The molecular formula is C12H10O5. The van der Waals surface area contributed by atoms with Gasteiger partial charge in [0, 0.05) is 0 Å². The highest BCUT2D eigenvalue weighted by molar-refractivity contribution is 5.94. The van der Waals surface area contributed by atoms with Crippen LogP contribution in [0, 0.1) is 6.92 Å². The van der Waals surface area contributed by atoms with Gasteiger partial charge >= 0.3 is 5.97 Å². The van der Waals surface area contributed by atoms with Gasteiger partial charge in [0.15, 0.2) is 0 Å². The Morgan fingerprint density at radius 1 is 1.41 bits per heavy atom. The fraction of sp³-hybridized carbons (Fsp3) is 0.167. The molecule has 0 unspecified atom stereocenters. The van der Waals surface area contributed by atoms with E-state index in [1.807, 2.05) is 0 Å². The summed E-state index contributed by atoms with van der Waals surface area (Å²) in [7, 11) is 1.25. The summed E-state index contributed by atoms with van der Waals surface area (Å²) in [5.74, 6) is -0.848. The molecule has 17 heavy (non-hydrogen) atoms. The molecule has 0 fully saturated rings.